The Hall–Kier alpha value is -1.67. The third-order valence-corrected chi connectivity index (χ3v) is 5.53. The molecule has 0 saturated carbocycles. The molecule has 0 spiro atoms. The lowest BCUT2D eigenvalue weighted by Crippen LogP contribution is -2.36. The molecule has 1 amide bonds. The van der Waals surface area contributed by atoms with E-state index in [1.807, 2.05) is 63.5 Å². The Morgan fingerprint density at radius 2 is 1.93 bits per heavy atom. The Labute approximate surface area is 183 Å². The minimum atomic E-state index is -0.0600. The first-order chi connectivity index (χ1) is 13.0. The number of amides is 1. The molecule has 0 unspecified atom stereocenters. The zero-order valence-electron chi connectivity index (χ0n) is 16.0. The molecule has 0 aliphatic carbocycles. The number of aromatic nitrogens is 1. The lowest BCUT2D eigenvalue weighted by atomic mass is 10.2. The maximum atomic E-state index is 13.2. The monoisotopic (exact) mass is 483 g/mol. The van der Waals surface area contributed by atoms with E-state index in [1.54, 1.807) is 4.90 Å². The number of thiazole rings is 1. The highest BCUT2D eigenvalue weighted by Gasteiger charge is 2.22. The predicted octanol–water partition coefficient (Wildman–Crippen LogP) is 5.09. The Morgan fingerprint density at radius 3 is 2.61 bits per heavy atom. The van der Waals surface area contributed by atoms with Gasteiger partial charge in [0.1, 0.15) is 11.3 Å². The van der Waals surface area contributed by atoms with E-state index >= 15 is 0 Å². The lowest BCUT2D eigenvalue weighted by molar-refractivity contribution is 0.0985. The number of likely N-dealkylation sites (N-methyl/N-ethyl adjacent to an activating group) is 1. The van der Waals surface area contributed by atoms with Crippen molar-refractivity contribution >= 4 is 60.9 Å². The van der Waals surface area contributed by atoms with Crippen LogP contribution in [0.3, 0.4) is 0 Å². The third kappa shape index (κ3) is 5.23. The van der Waals surface area contributed by atoms with Crippen LogP contribution in [-0.4, -0.2) is 49.6 Å². The SMILES string of the molecule is CCOc1cccc2sc(N(CCN(C)C)C(=O)c3cccc(Br)c3)nc12.Cl. The van der Waals surface area contributed by atoms with Gasteiger partial charge in [-0.05, 0) is 51.4 Å². The van der Waals surface area contributed by atoms with E-state index < -0.39 is 0 Å². The second-order valence-corrected chi connectivity index (χ2v) is 8.23. The van der Waals surface area contributed by atoms with Gasteiger partial charge in [-0.1, -0.05) is 39.4 Å². The summed E-state index contributed by atoms with van der Waals surface area (Å²) in [5, 5.41) is 0.684. The number of carbonyl (C=O) groups excluding carboxylic acids is 1. The van der Waals surface area contributed by atoms with Gasteiger partial charge in [0.25, 0.3) is 5.91 Å². The van der Waals surface area contributed by atoms with Crippen LogP contribution < -0.4 is 9.64 Å². The molecule has 0 atom stereocenters. The van der Waals surface area contributed by atoms with E-state index in [4.69, 9.17) is 9.72 Å². The van der Waals surface area contributed by atoms with Crippen LogP contribution in [0.25, 0.3) is 10.2 Å². The van der Waals surface area contributed by atoms with Crippen LogP contribution in [0.2, 0.25) is 0 Å². The molecule has 3 aromatic rings. The summed E-state index contributed by atoms with van der Waals surface area (Å²) in [7, 11) is 3.99. The lowest BCUT2D eigenvalue weighted by Gasteiger charge is -2.22. The number of para-hydroxylation sites is 1. The first kappa shape index (κ1) is 22.6. The molecule has 1 aromatic heterocycles. The largest absolute Gasteiger partial charge is 0.492 e. The fraction of sp³-hybridized carbons (Fsp3) is 0.300. The number of hydrogen-bond acceptors (Lipinski definition) is 5. The summed E-state index contributed by atoms with van der Waals surface area (Å²) in [6.45, 7) is 3.83. The number of ether oxygens (including phenoxy) is 1. The maximum absolute atomic E-state index is 13.2. The third-order valence-electron chi connectivity index (χ3n) is 3.99. The van der Waals surface area contributed by atoms with Crippen LogP contribution in [0.1, 0.15) is 17.3 Å². The first-order valence-electron chi connectivity index (χ1n) is 8.74. The molecule has 0 aliphatic rings. The second-order valence-electron chi connectivity index (χ2n) is 6.30. The standard InChI is InChI=1S/C20H22BrN3O2S.ClH/c1-4-26-16-9-6-10-17-18(16)22-20(27-17)24(12-11-23(2)3)19(25)14-7-5-8-15(21)13-14;/h5-10,13H,4,11-12H2,1-3H3;1H. The van der Waals surface area contributed by atoms with Crippen molar-refractivity contribution in [2.24, 2.45) is 0 Å². The van der Waals surface area contributed by atoms with E-state index in [2.05, 4.69) is 20.8 Å². The molecular weight excluding hydrogens is 462 g/mol. The number of hydrogen-bond donors (Lipinski definition) is 0. The topological polar surface area (TPSA) is 45.7 Å². The zero-order valence-corrected chi connectivity index (χ0v) is 19.2. The van der Waals surface area contributed by atoms with Gasteiger partial charge in [0.15, 0.2) is 5.13 Å². The molecular formula is C20H23BrClN3O2S. The number of halogens is 2. The molecule has 150 valence electrons. The Bertz CT molecular complexity index is 948. The molecule has 0 fully saturated rings. The highest BCUT2D eigenvalue weighted by molar-refractivity contribution is 9.10. The highest BCUT2D eigenvalue weighted by atomic mass is 79.9. The fourth-order valence-corrected chi connectivity index (χ4v) is 4.07. The molecule has 2 aromatic carbocycles. The minimum Gasteiger partial charge on any atom is -0.492 e. The maximum Gasteiger partial charge on any atom is 0.260 e. The van der Waals surface area contributed by atoms with Crippen molar-refractivity contribution in [3.8, 4) is 5.75 Å². The molecule has 0 bridgehead atoms. The van der Waals surface area contributed by atoms with Crippen LogP contribution in [0.15, 0.2) is 46.9 Å². The van der Waals surface area contributed by atoms with E-state index in [0.29, 0.717) is 23.8 Å². The van der Waals surface area contributed by atoms with Crippen molar-refractivity contribution in [1.29, 1.82) is 0 Å². The average molecular weight is 485 g/mol. The van der Waals surface area contributed by atoms with Gasteiger partial charge in [0.05, 0.1) is 11.3 Å². The predicted molar refractivity (Wildman–Crippen MR) is 122 cm³/mol. The second kappa shape index (κ2) is 10.2. The van der Waals surface area contributed by atoms with Gasteiger partial charge in [0.2, 0.25) is 0 Å². The van der Waals surface area contributed by atoms with Crippen LogP contribution in [-0.2, 0) is 0 Å². The number of fused-ring (bicyclic) bond motifs is 1. The molecule has 1 heterocycles. The normalized spacial score (nSPS) is 10.8. The van der Waals surface area contributed by atoms with Crippen LogP contribution in [0, 0.1) is 0 Å². The number of nitrogens with zero attached hydrogens (tertiary/aromatic N) is 3. The van der Waals surface area contributed by atoms with Gasteiger partial charge in [-0.25, -0.2) is 4.98 Å². The smallest absolute Gasteiger partial charge is 0.260 e. The van der Waals surface area contributed by atoms with Crippen molar-refractivity contribution in [2.45, 2.75) is 6.92 Å². The average Bonchev–Trinajstić information content (AvgIpc) is 3.06. The summed E-state index contributed by atoms with van der Waals surface area (Å²) in [6, 6.07) is 13.3. The number of carbonyl (C=O) groups is 1. The summed E-state index contributed by atoms with van der Waals surface area (Å²) in [5.74, 6) is 0.690. The van der Waals surface area contributed by atoms with Crippen LogP contribution in [0.5, 0.6) is 5.75 Å². The molecule has 0 radical (unpaired) electrons. The first-order valence-corrected chi connectivity index (χ1v) is 10.3. The number of benzene rings is 2. The molecule has 0 saturated heterocycles. The molecule has 28 heavy (non-hydrogen) atoms. The highest BCUT2D eigenvalue weighted by Crippen LogP contribution is 2.34. The quantitative estimate of drug-likeness (QED) is 0.469. The van der Waals surface area contributed by atoms with Gasteiger partial charge in [-0.3, -0.25) is 9.69 Å². The van der Waals surface area contributed by atoms with Crippen molar-refractivity contribution in [3.63, 3.8) is 0 Å². The van der Waals surface area contributed by atoms with Crippen molar-refractivity contribution in [1.82, 2.24) is 9.88 Å². The van der Waals surface area contributed by atoms with Gasteiger partial charge in [0, 0.05) is 23.1 Å². The Morgan fingerprint density at radius 1 is 1.18 bits per heavy atom. The van der Waals surface area contributed by atoms with Gasteiger partial charge < -0.3 is 9.64 Å². The fourth-order valence-electron chi connectivity index (χ4n) is 2.66. The van der Waals surface area contributed by atoms with Crippen LogP contribution in [0.4, 0.5) is 5.13 Å². The van der Waals surface area contributed by atoms with E-state index in [-0.39, 0.29) is 18.3 Å². The summed E-state index contributed by atoms with van der Waals surface area (Å²) >= 11 is 4.95. The number of rotatable bonds is 7. The summed E-state index contributed by atoms with van der Waals surface area (Å²) in [4.78, 5) is 21.8. The number of anilines is 1. The van der Waals surface area contributed by atoms with Crippen LogP contribution >= 0.6 is 39.7 Å². The van der Waals surface area contributed by atoms with Gasteiger partial charge in [-0.15, -0.1) is 12.4 Å². The van der Waals surface area contributed by atoms with E-state index in [0.717, 1.165) is 27.0 Å². The Kier molecular flexibility index (Phi) is 8.24. The minimum absolute atomic E-state index is 0. The van der Waals surface area contributed by atoms with Crippen molar-refractivity contribution in [2.75, 3.05) is 38.7 Å². The summed E-state index contributed by atoms with van der Waals surface area (Å²) < 4.78 is 7.58. The van der Waals surface area contributed by atoms with Crippen molar-refractivity contribution in [3.05, 3.63) is 52.5 Å². The molecule has 0 aliphatic heterocycles. The van der Waals surface area contributed by atoms with Crippen molar-refractivity contribution < 1.29 is 9.53 Å². The van der Waals surface area contributed by atoms with E-state index in [1.165, 1.54) is 11.3 Å². The summed E-state index contributed by atoms with van der Waals surface area (Å²) in [6.07, 6.45) is 0. The molecule has 0 N–H and O–H groups in total. The Balaban J connectivity index is 0.00000280. The van der Waals surface area contributed by atoms with Gasteiger partial charge in [-0.2, -0.15) is 0 Å². The zero-order chi connectivity index (χ0) is 19.4. The molecule has 3 rings (SSSR count). The summed E-state index contributed by atoms with van der Waals surface area (Å²) in [5.41, 5.74) is 1.43. The van der Waals surface area contributed by atoms with E-state index in [9.17, 15) is 4.79 Å². The molecule has 8 heteroatoms. The van der Waals surface area contributed by atoms with Gasteiger partial charge >= 0.3 is 0 Å². The molecule has 5 nitrogen and oxygen atoms in total.